The van der Waals surface area contributed by atoms with Gasteiger partial charge in [-0.25, -0.2) is 0 Å². The third kappa shape index (κ3) is 3.34. The molecule has 0 radical (unpaired) electrons. The summed E-state index contributed by atoms with van der Waals surface area (Å²) in [4.78, 5) is 3.31. The molecular formula is C16H15N3OS. The van der Waals surface area contributed by atoms with Crippen LogP contribution in [0.5, 0.6) is 0 Å². The van der Waals surface area contributed by atoms with E-state index in [2.05, 4.69) is 24.8 Å². The number of rotatable bonds is 5. The third-order valence-corrected chi connectivity index (χ3v) is 4.22. The van der Waals surface area contributed by atoms with Crippen LogP contribution >= 0.6 is 11.3 Å². The van der Waals surface area contributed by atoms with E-state index in [1.807, 2.05) is 24.3 Å². The van der Waals surface area contributed by atoms with Gasteiger partial charge in [-0.15, -0.1) is 11.3 Å². The van der Waals surface area contributed by atoms with Gasteiger partial charge in [-0.3, -0.25) is 0 Å². The second kappa shape index (κ2) is 6.78. The molecule has 0 atom stereocenters. The molecule has 0 amide bonds. The molecule has 0 unspecified atom stereocenters. The maximum Gasteiger partial charge on any atom is 0.144 e. The number of anilines is 1. The zero-order valence-corrected chi connectivity index (χ0v) is 12.8. The van der Waals surface area contributed by atoms with Gasteiger partial charge in [0.2, 0.25) is 0 Å². The molecule has 0 aliphatic heterocycles. The highest BCUT2D eigenvalue weighted by Crippen LogP contribution is 2.34. The number of furan rings is 1. The van der Waals surface area contributed by atoms with E-state index in [0.717, 1.165) is 23.7 Å². The molecule has 0 aliphatic rings. The Morgan fingerprint density at radius 3 is 2.52 bits per heavy atom. The zero-order chi connectivity index (χ0) is 15.2. The first-order chi connectivity index (χ1) is 10.2. The molecule has 0 aromatic carbocycles. The molecule has 21 heavy (non-hydrogen) atoms. The molecule has 2 rings (SSSR count). The molecule has 2 aromatic rings. The Bertz CT molecular complexity index is 707. The Kier molecular flexibility index (Phi) is 4.81. The van der Waals surface area contributed by atoms with Gasteiger partial charge in [0.15, 0.2) is 0 Å². The predicted molar refractivity (Wildman–Crippen MR) is 84.8 cm³/mol. The lowest BCUT2D eigenvalue weighted by atomic mass is 10.2. The van der Waals surface area contributed by atoms with Gasteiger partial charge in [0, 0.05) is 19.2 Å². The molecule has 0 spiro atoms. The lowest BCUT2D eigenvalue weighted by Gasteiger charge is -2.17. The van der Waals surface area contributed by atoms with Crippen molar-refractivity contribution in [1.82, 2.24) is 0 Å². The van der Waals surface area contributed by atoms with Crippen molar-refractivity contribution >= 4 is 22.4 Å². The van der Waals surface area contributed by atoms with Gasteiger partial charge in [-0.1, -0.05) is 0 Å². The summed E-state index contributed by atoms with van der Waals surface area (Å²) in [5.74, 6) is 1.26. The molecule has 0 aliphatic carbocycles. The summed E-state index contributed by atoms with van der Waals surface area (Å²) in [6.07, 6.45) is 1.45. The first kappa shape index (κ1) is 14.9. The highest BCUT2D eigenvalue weighted by atomic mass is 32.1. The van der Waals surface area contributed by atoms with Crippen LogP contribution in [0.25, 0.3) is 16.7 Å². The normalized spacial score (nSPS) is 9.71. The van der Waals surface area contributed by atoms with E-state index in [1.54, 1.807) is 17.4 Å². The highest BCUT2D eigenvalue weighted by molar-refractivity contribution is 7.19. The van der Waals surface area contributed by atoms with Gasteiger partial charge in [-0.2, -0.15) is 10.5 Å². The first-order valence-corrected chi connectivity index (χ1v) is 7.50. The number of hydrogen-bond donors (Lipinski definition) is 0. The maximum atomic E-state index is 8.74. The second-order valence-electron chi connectivity index (χ2n) is 4.29. The van der Waals surface area contributed by atoms with E-state index in [4.69, 9.17) is 14.9 Å². The average Bonchev–Trinajstić information content (AvgIpc) is 3.15. The van der Waals surface area contributed by atoms with Crippen molar-refractivity contribution in [1.29, 1.82) is 10.5 Å². The van der Waals surface area contributed by atoms with Crippen LogP contribution in [0.2, 0.25) is 0 Å². The summed E-state index contributed by atoms with van der Waals surface area (Å²) in [6.45, 7) is 6.20. The minimum atomic E-state index is 0.0332. The van der Waals surface area contributed by atoms with Crippen molar-refractivity contribution in [3.8, 4) is 22.8 Å². The molecule has 2 heterocycles. The summed E-state index contributed by atoms with van der Waals surface area (Å²) in [7, 11) is 0. The van der Waals surface area contributed by atoms with Crippen LogP contribution in [0.3, 0.4) is 0 Å². The monoisotopic (exact) mass is 297 g/mol. The van der Waals surface area contributed by atoms with Gasteiger partial charge in [0.25, 0.3) is 0 Å². The van der Waals surface area contributed by atoms with Crippen LogP contribution in [0.4, 0.5) is 5.00 Å². The van der Waals surface area contributed by atoms with Crippen molar-refractivity contribution in [2.75, 3.05) is 18.0 Å². The smallest absolute Gasteiger partial charge is 0.144 e. The van der Waals surface area contributed by atoms with Crippen LogP contribution in [-0.4, -0.2) is 13.1 Å². The fourth-order valence-electron chi connectivity index (χ4n) is 1.96. The topological polar surface area (TPSA) is 64.0 Å². The molecule has 106 valence electrons. The van der Waals surface area contributed by atoms with E-state index in [-0.39, 0.29) is 5.57 Å². The maximum absolute atomic E-state index is 8.74. The van der Waals surface area contributed by atoms with Crippen LogP contribution in [-0.2, 0) is 0 Å². The Morgan fingerprint density at radius 2 is 1.90 bits per heavy atom. The molecule has 0 bridgehead atoms. The average molecular weight is 297 g/mol. The number of nitrogens with zero attached hydrogens (tertiary/aromatic N) is 3. The van der Waals surface area contributed by atoms with Crippen LogP contribution < -0.4 is 4.90 Å². The van der Waals surface area contributed by atoms with Crippen molar-refractivity contribution in [3.05, 3.63) is 35.6 Å². The van der Waals surface area contributed by atoms with E-state index >= 15 is 0 Å². The van der Waals surface area contributed by atoms with Gasteiger partial charge in [-0.05, 0) is 38.1 Å². The van der Waals surface area contributed by atoms with Crippen molar-refractivity contribution in [3.63, 3.8) is 0 Å². The molecule has 0 fully saturated rings. The summed E-state index contributed by atoms with van der Waals surface area (Å²) >= 11 is 1.67. The first-order valence-electron chi connectivity index (χ1n) is 6.68. The van der Waals surface area contributed by atoms with Crippen LogP contribution in [0.1, 0.15) is 19.6 Å². The van der Waals surface area contributed by atoms with Crippen LogP contribution in [0, 0.1) is 22.7 Å². The van der Waals surface area contributed by atoms with Gasteiger partial charge in [0.1, 0.15) is 29.2 Å². The quantitative estimate of drug-likeness (QED) is 0.772. The number of nitriles is 2. The molecule has 0 saturated carbocycles. The molecule has 5 heteroatoms. The summed E-state index contributed by atoms with van der Waals surface area (Å²) in [5, 5.41) is 18.7. The molecule has 0 N–H and O–H groups in total. The number of allylic oxidation sites excluding steroid dienone is 1. The van der Waals surface area contributed by atoms with Gasteiger partial charge in [0.05, 0.1) is 9.88 Å². The Morgan fingerprint density at radius 1 is 1.19 bits per heavy atom. The molecular weight excluding hydrogens is 282 g/mol. The lowest BCUT2D eigenvalue weighted by molar-refractivity contribution is 0.573. The van der Waals surface area contributed by atoms with E-state index < -0.39 is 0 Å². The van der Waals surface area contributed by atoms with Crippen molar-refractivity contribution < 1.29 is 4.42 Å². The second-order valence-corrected chi connectivity index (χ2v) is 5.36. The summed E-state index contributed by atoms with van der Waals surface area (Å²) in [5.41, 5.74) is 0.0332. The summed E-state index contributed by atoms with van der Waals surface area (Å²) in [6, 6.07) is 11.4. The lowest BCUT2D eigenvalue weighted by Crippen LogP contribution is -2.20. The van der Waals surface area contributed by atoms with Crippen molar-refractivity contribution in [2.24, 2.45) is 0 Å². The molecule has 4 nitrogen and oxygen atoms in total. The SMILES string of the molecule is CCN(CC)c1ccc(-c2ccc(C=C(C#N)C#N)o2)s1. The van der Waals surface area contributed by atoms with Crippen molar-refractivity contribution in [2.45, 2.75) is 13.8 Å². The van der Waals surface area contributed by atoms with Crippen LogP contribution in [0.15, 0.2) is 34.3 Å². The van der Waals surface area contributed by atoms with E-state index in [9.17, 15) is 0 Å². The van der Waals surface area contributed by atoms with E-state index in [1.165, 1.54) is 11.1 Å². The highest BCUT2D eigenvalue weighted by Gasteiger charge is 2.10. The minimum Gasteiger partial charge on any atom is -0.456 e. The molecule has 2 aromatic heterocycles. The Hall–Kier alpha value is -2.50. The largest absolute Gasteiger partial charge is 0.456 e. The fraction of sp³-hybridized carbons (Fsp3) is 0.250. The predicted octanol–water partition coefficient (Wildman–Crippen LogP) is 4.28. The van der Waals surface area contributed by atoms with Gasteiger partial charge >= 0.3 is 0 Å². The standard InChI is InChI=1S/C16H15N3OS/c1-3-19(4-2)16-8-7-15(21-16)14-6-5-13(20-14)9-12(10-17)11-18/h5-9H,3-4H2,1-2H3. The van der Waals surface area contributed by atoms with E-state index in [0.29, 0.717) is 5.76 Å². The number of thiophene rings is 1. The third-order valence-electron chi connectivity index (χ3n) is 3.06. The molecule has 0 saturated heterocycles. The minimum absolute atomic E-state index is 0.0332. The zero-order valence-electron chi connectivity index (χ0n) is 12.0. The number of hydrogen-bond acceptors (Lipinski definition) is 5. The summed E-state index contributed by atoms with van der Waals surface area (Å²) < 4.78 is 5.68. The fourth-order valence-corrected chi connectivity index (χ4v) is 3.06. The Labute approximate surface area is 128 Å². The van der Waals surface area contributed by atoms with Gasteiger partial charge < -0.3 is 9.32 Å². The Balaban J connectivity index is 2.25.